The number of ether oxygens (including phenoxy) is 1. The number of nitro groups is 1. The third kappa shape index (κ3) is 3.79. The molecule has 21 heavy (non-hydrogen) atoms. The van der Waals surface area contributed by atoms with Gasteiger partial charge in [-0.05, 0) is 41.1 Å². The molecular weight excluding hydrogens is 296 g/mol. The number of hydrogen-bond donors (Lipinski definition) is 1. The highest BCUT2D eigenvalue weighted by Gasteiger charge is 2.16. The van der Waals surface area contributed by atoms with Gasteiger partial charge in [-0.15, -0.1) is 0 Å². The van der Waals surface area contributed by atoms with Crippen molar-refractivity contribution < 1.29 is 9.66 Å². The molecule has 7 nitrogen and oxygen atoms in total. The number of anilines is 1. The summed E-state index contributed by atoms with van der Waals surface area (Å²) in [5.41, 5.74) is 0.494. The Labute approximate surface area is 126 Å². The highest BCUT2D eigenvalue weighted by Crippen LogP contribution is 2.25. The Hall–Kier alpha value is -2.41. The molecule has 0 atom stereocenters. The summed E-state index contributed by atoms with van der Waals surface area (Å²) in [7, 11) is 0. The molecule has 0 bridgehead atoms. The molecule has 8 heteroatoms. The Balaban J connectivity index is 2.16. The zero-order valence-electron chi connectivity index (χ0n) is 11.2. The highest BCUT2D eigenvalue weighted by molar-refractivity contribution is 6.31. The monoisotopic (exact) mass is 308 g/mol. The summed E-state index contributed by atoms with van der Waals surface area (Å²) in [6.45, 7) is 2.69. The standard InChI is InChI=1S/C13H13ClN4O3/c1-2-15-12-6-5-9(14)10(17-12)8-21-11-4-3-7-16-13(11)18(19)20/h3-7H,2,8H2,1H3,(H,15,17). The van der Waals surface area contributed by atoms with Gasteiger partial charge in [-0.2, -0.15) is 0 Å². The molecule has 0 saturated carbocycles. The van der Waals surface area contributed by atoms with Crippen LogP contribution in [0.4, 0.5) is 11.6 Å². The van der Waals surface area contributed by atoms with Crippen molar-refractivity contribution in [2.45, 2.75) is 13.5 Å². The Morgan fingerprint density at radius 1 is 1.43 bits per heavy atom. The van der Waals surface area contributed by atoms with Crippen molar-refractivity contribution in [3.63, 3.8) is 0 Å². The molecule has 2 heterocycles. The number of nitrogens with zero attached hydrogens (tertiary/aromatic N) is 3. The fourth-order valence-electron chi connectivity index (χ4n) is 1.64. The van der Waals surface area contributed by atoms with Crippen LogP contribution in [-0.4, -0.2) is 21.4 Å². The molecule has 0 radical (unpaired) electrons. The second-order valence-corrected chi connectivity index (χ2v) is 4.43. The lowest BCUT2D eigenvalue weighted by Gasteiger charge is -2.09. The molecule has 0 unspecified atom stereocenters. The largest absolute Gasteiger partial charge is 0.479 e. The predicted molar refractivity (Wildman–Crippen MR) is 78.6 cm³/mol. The Morgan fingerprint density at radius 3 is 2.95 bits per heavy atom. The van der Waals surface area contributed by atoms with E-state index in [1.165, 1.54) is 12.3 Å². The van der Waals surface area contributed by atoms with E-state index in [4.69, 9.17) is 16.3 Å². The fourth-order valence-corrected chi connectivity index (χ4v) is 1.80. The first-order valence-electron chi connectivity index (χ1n) is 6.23. The van der Waals surface area contributed by atoms with Crippen LogP contribution in [0.3, 0.4) is 0 Å². The predicted octanol–water partition coefficient (Wildman–Crippen LogP) is 3.05. The van der Waals surface area contributed by atoms with Crippen molar-refractivity contribution >= 4 is 23.2 Å². The molecule has 2 aromatic heterocycles. The van der Waals surface area contributed by atoms with Crippen LogP contribution in [0.1, 0.15) is 12.6 Å². The highest BCUT2D eigenvalue weighted by atomic mass is 35.5. The van der Waals surface area contributed by atoms with Crippen molar-refractivity contribution in [1.29, 1.82) is 0 Å². The normalized spacial score (nSPS) is 10.2. The molecule has 0 spiro atoms. The fraction of sp³-hybridized carbons (Fsp3) is 0.231. The molecular formula is C13H13ClN4O3. The Kier molecular flexibility index (Phi) is 4.89. The number of hydrogen-bond acceptors (Lipinski definition) is 6. The summed E-state index contributed by atoms with van der Waals surface area (Å²) in [6, 6.07) is 6.49. The minimum atomic E-state index is -0.598. The van der Waals surface area contributed by atoms with Gasteiger partial charge < -0.3 is 20.2 Å². The van der Waals surface area contributed by atoms with Gasteiger partial charge in [-0.1, -0.05) is 11.6 Å². The van der Waals surface area contributed by atoms with Crippen LogP contribution in [0.5, 0.6) is 5.75 Å². The van der Waals surface area contributed by atoms with E-state index >= 15 is 0 Å². The average Bonchev–Trinajstić information content (AvgIpc) is 2.48. The Bertz CT molecular complexity index is 651. The summed E-state index contributed by atoms with van der Waals surface area (Å²) >= 11 is 6.05. The summed E-state index contributed by atoms with van der Waals surface area (Å²) in [5.74, 6) is 0.409. The summed E-state index contributed by atoms with van der Waals surface area (Å²) in [4.78, 5) is 18.2. The maximum absolute atomic E-state index is 10.9. The van der Waals surface area contributed by atoms with Gasteiger partial charge in [0.2, 0.25) is 5.75 Å². The SMILES string of the molecule is CCNc1ccc(Cl)c(COc2cccnc2[N+](=O)[O-])n1. The van der Waals surface area contributed by atoms with E-state index in [-0.39, 0.29) is 18.2 Å². The number of aromatic nitrogens is 2. The number of pyridine rings is 2. The van der Waals surface area contributed by atoms with Crippen molar-refractivity contribution in [2.24, 2.45) is 0 Å². The van der Waals surface area contributed by atoms with Crippen molar-refractivity contribution in [2.75, 3.05) is 11.9 Å². The van der Waals surface area contributed by atoms with Crippen LogP contribution >= 0.6 is 11.6 Å². The molecule has 110 valence electrons. The molecule has 2 aromatic rings. The van der Waals surface area contributed by atoms with Crippen LogP contribution in [0.25, 0.3) is 0 Å². The van der Waals surface area contributed by atoms with Crippen LogP contribution in [0, 0.1) is 10.1 Å². The van der Waals surface area contributed by atoms with Crippen LogP contribution in [0.15, 0.2) is 30.5 Å². The summed E-state index contributed by atoms with van der Waals surface area (Å²) in [5, 5.41) is 14.3. The van der Waals surface area contributed by atoms with E-state index < -0.39 is 4.92 Å². The quantitative estimate of drug-likeness (QED) is 0.651. The minimum Gasteiger partial charge on any atom is -0.479 e. The zero-order valence-corrected chi connectivity index (χ0v) is 12.0. The topological polar surface area (TPSA) is 90.2 Å². The van der Waals surface area contributed by atoms with E-state index in [1.54, 1.807) is 18.2 Å². The first kappa shape index (κ1) is 15.0. The van der Waals surface area contributed by atoms with Gasteiger partial charge in [0.05, 0.1) is 10.7 Å². The lowest BCUT2D eigenvalue weighted by molar-refractivity contribution is -0.390. The lowest BCUT2D eigenvalue weighted by Crippen LogP contribution is -2.05. The first-order chi connectivity index (χ1) is 10.1. The first-order valence-corrected chi connectivity index (χ1v) is 6.61. The van der Waals surface area contributed by atoms with Gasteiger partial charge in [-0.25, -0.2) is 4.98 Å². The molecule has 0 amide bonds. The van der Waals surface area contributed by atoms with Crippen molar-refractivity contribution in [3.8, 4) is 5.75 Å². The van der Waals surface area contributed by atoms with E-state index in [0.717, 1.165) is 6.54 Å². The molecule has 0 fully saturated rings. The van der Waals surface area contributed by atoms with E-state index in [1.807, 2.05) is 6.92 Å². The van der Waals surface area contributed by atoms with Crippen LogP contribution in [0.2, 0.25) is 5.02 Å². The average molecular weight is 309 g/mol. The van der Waals surface area contributed by atoms with Crippen molar-refractivity contribution in [3.05, 3.63) is 51.3 Å². The molecule has 0 aliphatic rings. The molecule has 0 aliphatic carbocycles. The molecule has 2 rings (SSSR count). The zero-order chi connectivity index (χ0) is 15.2. The smallest absolute Gasteiger partial charge is 0.406 e. The molecule has 0 aliphatic heterocycles. The molecule has 1 N–H and O–H groups in total. The minimum absolute atomic E-state index is 0.0185. The molecule has 0 saturated heterocycles. The van der Waals surface area contributed by atoms with Gasteiger partial charge in [-0.3, -0.25) is 0 Å². The van der Waals surface area contributed by atoms with E-state index in [2.05, 4.69) is 15.3 Å². The van der Waals surface area contributed by atoms with Gasteiger partial charge in [0, 0.05) is 6.54 Å². The van der Waals surface area contributed by atoms with Crippen LogP contribution in [-0.2, 0) is 6.61 Å². The van der Waals surface area contributed by atoms with Gasteiger partial charge in [0.25, 0.3) is 0 Å². The van der Waals surface area contributed by atoms with Gasteiger partial charge >= 0.3 is 5.82 Å². The van der Waals surface area contributed by atoms with Crippen LogP contribution < -0.4 is 10.1 Å². The number of halogens is 1. The maximum Gasteiger partial charge on any atom is 0.406 e. The van der Waals surface area contributed by atoms with E-state index in [0.29, 0.717) is 16.5 Å². The van der Waals surface area contributed by atoms with E-state index in [9.17, 15) is 10.1 Å². The summed E-state index contributed by atoms with van der Waals surface area (Å²) in [6.07, 6.45) is 1.34. The number of nitrogens with one attached hydrogen (secondary N) is 1. The second-order valence-electron chi connectivity index (χ2n) is 4.03. The number of rotatable bonds is 6. The van der Waals surface area contributed by atoms with Gasteiger partial charge in [0.1, 0.15) is 18.6 Å². The second kappa shape index (κ2) is 6.85. The maximum atomic E-state index is 10.9. The lowest BCUT2D eigenvalue weighted by atomic mass is 10.3. The van der Waals surface area contributed by atoms with Gasteiger partial charge in [0.15, 0.2) is 0 Å². The van der Waals surface area contributed by atoms with Crippen molar-refractivity contribution in [1.82, 2.24) is 9.97 Å². The third-order valence-electron chi connectivity index (χ3n) is 2.56. The third-order valence-corrected chi connectivity index (χ3v) is 2.91. The Morgan fingerprint density at radius 2 is 2.24 bits per heavy atom. The molecule has 0 aromatic carbocycles. The summed E-state index contributed by atoms with van der Waals surface area (Å²) < 4.78 is 5.42.